The van der Waals surface area contributed by atoms with Crippen molar-refractivity contribution in [1.82, 2.24) is 20.9 Å². The number of rotatable bonds is 6. The van der Waals surface area contributed by atoms with Crippen molar-refractivity contribution < 1.29 is 19.2 Å². The van der Waals surface area contributed by atoms with Crippen LogP contribution in [0.25, 0.3) is 0 Å². The Morgan fingerprint density at radius 2 is 1.96 bits per heavy atom. The first-order valence-corrected chi connectivity index (χ1v) is 9.24. The lowest BCUT2D eigenvalue weighted by atomic mass is 9.76. The molecule has 8 nitrogen and oxygen atoms in total. The van der Waals surface area contributed by atoms with Gasteiger partial charge in [-0.25, -0.2) is 4.79 Å². The van der Waals surface area contributed by atoms with E-state index in [1.165, 1.54) is 0 Å². The number of aryl methyl sites for hydroxylation is 1. The number of hydrogen-bond acceptors (Lipinski definition) is 4. The normalized spacial score (nSPS) is 21.0. The standard InChI is InChI=1S/C19H24N4O4/c1-2-10-20-15(24)11-21-16(25)12-23-17(26)19(22-18(23)27)9-5-7-13-6-3-4-8-14(13)19/h3-4,6,8H,2,5,7,9-12H2,1H3,(H,20,24)(H,21,25)(H,22,27)/t19-/m0/s1. The summed E-state index contributed by atoms with van der Waals surface area (Å²) in [7, 11) is 0. The number of hydrogen-bond donors (Lipinski definition) is 3. The van der Waals surface area contributed by atoms with E-state index in [1.807, 2.05) is 31.2 Å². The highest BCUT2D eigenvalue weighted by atomic mass is 16.2. The number of fused-ring (bicyclic) bond motifs is 2. The predicted octanol–water partition coefficient (Wildman–Crippen LogP) is 0.412. The molecule has 0 unspecified atom stereocenters. The third-order valence-corrected chi connectivity index (χ3v) is 4.97. The van der Waals surface area contributed by atoms with Gasteiger partial charge in [-0.2, -0.15) is 0 Å². The number of benzene rings is 1. The van der Waals surface area contributed by atoms with Gasteiger partial charge in [0.2, 0.25) is 11.8 Å². The first-order valence-electron chi connectivity index (χ1n) is 9.24. The molecule has 0 saturated carbocycles. The highest BCUT2D eigenvalue weighted by Crippen LogP contribution is 2.39. The van der Waals surface area contributed by atoms with Crippen molar-refractivity contribution in [3.05, 3.63) is 35.4 Å². The van der Waals surface area contributed by atoms with E-state index in [1.54, 1.807) is 0 Å². The lowest BCUT2D eigenvalue weighted by Crippen LogP contribution is -2.47. The minimum absolute atomic E-state index is 0.184. The molecule has 1 aromatic carbocycles. The molecule has 0 bridgehead atoms. The number of imide groups is 1. The molecule has 27 heavy (non-hydrogen) atoms. The highest BCUT2D eigenvalue weighted by Gasteiger charge is 2.54. The first kappa shape index (κ1) is 18.9. The fraction of sp³-hybridized carbons (Fsp3) is 0.474. The summed E-state index contributed by atoms with van der Waals surface area (Å²) >= 11 is 0. The maximum absolute atomic E-state index is 13.1. The summed E-state index contributed by atoms with van der Waals surface area (Å²) < 4.78 is 0. The fourth-order valence-electron chi connectivity index (χ4n) is 3.66. The lowest BCUT2D eigenvalue weighted by molar-refractivity contribution is -0.135. The van der Waals surface area contributed by atoms with Gasteiger partial charge in [-0.05, 0) is 36.8 Å². The van der Waals surface area contributed by atoms with E-state index in [4.69, 9.17) is 0 Å². The van der Waals surface area contributed by atoms with Crippen LogP contribution in [0.4, 0.5) is 4.79 Å². The lowest BCUT2D eigenvalue weighted by Gasteiger charge is -2.33. The van der Waals surface area contributed by atoms with Crippen LogP contribution < -0.4 is 16.0 Å². The zero-order chi connectivity index (χ0) is 19.4. The van der Waals surface area contributed by atoms with Crippen molar-refractivity contribution >= 4 is 23.8 Å². The van der Waals surface area contributed by atoms with E-state index in [9.17, 15) is 19.2 Å². The minimum atomic E-state index is -1.09. The molecule has 2 aliphatic rings. The Balaban J connectivity index is 1.67. The van der Waals surface area contributed by atoms with Gasteiger partial charge in [0.1, 0.15) is 12.1 Å². The van der Waals surface area contributed by atoms with Crippen LogP contribution in [0.5, 0.6) is 0 Å². The SMILES string of the molecule is CCCNC(=O)CNC(=O)CN1C(=O)N[C@]2(CCCc3ccccc32)C1=O. The van der Waals surface area contributed by atoms with Crippen LogP contribution in [0.3, 0.4) is 0 Å². The zero-order valence-corrected chi connectivity index (χ0v) is 15.3. The quantitative estimate of drug-likeness (QED) is 0.629. The van der Waals surface area contributed by atoms with Crippen molar-refractivity contribution in [2.75, 3.05) is 19.6 Å². The first-order chi connectivity index (χ1) is 13.0. The van der Waals surface area contributed by atoms with Crippen molar-refractivity contribution in [3.8, 4) is 0 Å². The number of urea groups is 1. The Labute approximate surface area is 157 Å². The number of amides is 5. The number of nitrogens with one attached hydrogen (secondary N) is 3. The monoisotopic (exact) mass is 372 g/mol. The molecular weight excluding hydrogens is 348 g/mol. The maximum Gasteiger partial charge on any atom is 0.325 e. The summed E-state index contributed by atoms with van der Waals surface area (Å²) in [6.07, 6.45) is 2.94. The molecule has 8 heteroatoms. The average molecular weight is 372 g/mol. The molecule has 1 aromatic rings. The van der Waals surface area contributed by atoms with Crippen LogP contribution in [0.2, 0.25) is 0 Å². The van der Waals surface area contributed by atoms with E-state index in [0.29, 0.717) is 13.0 Å². The van der Waals surface area contributed by atoms with E-state index < -0.39 is 29.9 Å². The second-order valence-electron chi connectivity index (χ2n) is 6.86. The zero-order valence-electron chi connectivity index (χ0n) is 15.3. The van der Waals surface area contributed by atoms with Crippen LogP contribution in [0, 0.1) is 0 Å². The van der Waals surface area contributed by atoms with Gasteiger partial charge in [0.15, 0.2) is 0 Å². The molecule has 1 spiro atoms. The molecule has 1 atom stereocenters. The molecule has 3 rings (SSSR count). The van der Waals surface area contributed by atoms with E-state index in [-0.39, 0.29) is 12.5 Å². The van der Waals surface area contributed by atoms with Gasteiger partial charge in [0, 0.05) is 6.54 Å². The summed E-state index contributed by atoms with van der Waals surface area (Å²) in [5.41, 5.74) is 0.748. The molecular formula is C19H24N4O4. The van der Waals surface area contributed by atoms with Gasteiger partial charge < -0.3 is 16.0 Å². The Morgan fingerprint density at radius 1 is 1.19 bits per heavy atom. The third-order valence-electron chi connectivity index (χ3n) is 4.97. The van der Waals surface area contributed by atoms with Crippen molar-refractivity contribution in [2.24, 2.45) is 0 Å². The van der Waals surface area contributed by atoms with Crippen molar-refractivity contribution in [3.63, 3.8) is 0 Å². The second kappa shape index (κ2) is 7.77. The van der Waals surface area contributed by atoms with E-state index in [2.05, 4.69) is 16.0 Å². The summed E-state index contributed by atoms with van der Waals surface area (Å²) in [6.45, 7) is 1.87. The molecule has 0 aromatic heterocycles. The van der Waals surface area contributed by atoms with E-state index >= 15 is 0 Å². The van der Waals surface area contributed by atoms with Crippen molar-refractivity contribution in [1.29, 1.82) is 0 Å². The smallest absolute Gasteiger partial charge is 0.325 e. The average Bonchev–Trinajstić information content (AvgIpc) is 2.90. The molecule has 1 saturated heterocycles. The predicted molar refractivity (Wildman–Crippen MR) is 97.6 cm³/mol. The summed E-state index contributed by atoms with van der Waals surface area (Å²) in [5, 5.41) is 7.89. The van der Waals surface area contributed by atoms with Gasteiger partial charge in [-0.1, -0.05) is 31.2 Å². The third kappa shape index (κ3) is 3.65. The summed E-state index contributed by atoms with van der Waals surface area (Å²) in [5.74, 6) is -1.27. The second-order valence-corrected chi connectivity index (χ2v) is 6.86. The van der Waals surface area contributed by atoms with Crippen LogP contribution >= 0.6 is 0 Å². The Hall–Kier alpha value is -2.90. The highest BCUT2D eigenvalue weighted by molar-refractivity contribution is 6.09. The number of carbonyl (C=O) groups is 4. The largest absolute Gasteiger partial charge is 0.355 e. The van der Waals surface area contributed by atoms with Gasteiger partial charge in [0.05, 0.1) is 6.54 Å². The van der Waals surface area contributed by atoms with Gasteiger partial charge in [-0.3, -0.25) is 19.3 Å². The summed E-state index contributed by atoms with van der Waals surface area (Å²) in [4.78, 5) is 50.1. The van der Waals surface area contributed by atoms with Crippen LogP contribution in [-0.2, 0) is 26.3 Å². The van der Waals surface area contributed by atoms with Crippen molar-refractivity contribution in [2.45, 2.75) is 38.1 Å². The maximum atomic E-state index is 13.1. The van der Waals surface area contributed by atoms with Gasteiger partial charge in [0.25, 0.3) is 5.91 Å². The molecule has 144 valence electrons. The molecule has 1 aliphatic carbocycles. The Kier molecular flexibility index (Phi) is 5.43. The van der Waals surface area contributed by atoms with E-state index in [0.717, 1.165) is 35.3 Å². The molecule has 0 radical (unpaired) electrons. The topological polar surface area (TPSA) is 108 Å². The minimum Gasteiger partial charge on any atom is -0.355 e. The van der Waals surface area contributed by atoms with Crippen LogP contribution in [0.15, 0.2) is 24.3 Å². The molecule has 1 aliphatic heterocycles. The Bertz CT molecular complexity index is 779. The number of nitrogens with zero attached hydrogens (tertiary/aromatic N) is 1. The molecule has 3 N–H and O–H groups in total. The van der Waals surface area contributed by atoms with Crippen LogP contribution in [0.1, 0.15) is 37.3 Å². The number of carbonyl (C=O) groups excluding carboxylic acids is 4. The summed E-state index contributed by atoms with van der Waals surface area (Å²) in [6, 6.07) is 6.99. The Morgan fingerprint density at radius 3 is 2.74 bits per heavy atom. The fourth-order valence-corrected chi connectivity index (χ4v) is 3.66. The van der Waals surface area contributed by atoms with Crippen LogP contribution in [-0.4, -0.2) is 48.3 Å². The van der Waals surface area contributed by atoms with Gasteiger partial charge in [-0.15, -0.1) is 0 Å². The molecule has 1 heterocycles. The molecule has 1 fully saturated rings. The van der Waals surface area contributed by atoms with Gasteiger partial charge >= 0.3 is 6.03 Å². The molecule has 5 amide bonds.